The highest BCUT2D eigenvalue weighted by Crippen LogP contribution is 2.29. The fourth-order valence-electron chi connectivity index (χ4n) is 2.84. The number of benzene rings is 1. The van der Waals surface area contributed by atoms with E-state index in [-0.39, 0.29) is 17.9 Å². The molecule has 2 unspecified atom stereocenters. The van der Waals surface area contributed by atoms with Gasteiger partial charge in [0.2, 0.25) is 5.91 Å². The van der Waals surface area contributed by atoms with Crippen LogP contribution >= 0.6 is 0 Å². The Labute approximate surface area is 124 Å². The maximum atomic E-state index is 12.6. The van der Waals surface area contributed by atoms with Gasteiger partial charge in [-0.2, -0.15) is 0 Å². The number of nitrogens with one attached hydrogen (secondary N) is 1. The summed E-state index contributed by atoms with van der Waals surface area (Å²) in [5.74, 6) is -0.386. The molecule has 1 aromatic rings. The minimum Gasteiger partial charge on any atom is -0.467 e. The van der Waals surface area contributed by atoms with Gasteiger partial charge in [0, 0.05) is 12.6 Å². The van der Waals surface area contributed by atoms with Crippen molar-refractivity contribution in [3.8, 4) is 0 Å². The van der Waals surface area contributed by atoms with Crippen LogP contribution in [0.4, 0.5) is 0 Å². The molecule has 2 atom stereocenters. The van der Waals surface area contributed by atoms with E-state index in [0.717, 1.165) is 24.8 Å². The predicted molar refractivity (Wildman–Crippen MR) is 77.5 cm³/mol. The summed E-state index contributed by atoms with van der Waals surface area (Å²) in [6.07, 6.45) is 3.03. The minimum atomic E-state index is -0.644. The van der Waals surface area contributed by atoms with Crippen LogP contribution < -0.4 is 5.32 Å². The second-order valence-corrected chi connectivity index (χ2v) is 5.65. The second-order valence-electron chi connectivity index (χ2n) is 5.65. The van der Waals surface area contributed by atoms with E-state index in [9.17, 15) is 9.59 Å². The third-order valence-corrected chi connectivity index (χ3v) is 4.11. The Balaban J connectivity index is 1.80. The molecule has 1 N–H and O–H groups in total. The van der Waals surface area contributed by atoms with E-state index in [1.54, 1.807) is 4.90 Å². The van der Waals surface area contributed by atoms with Crippen molar-refractivity contribution in [3.63, 3.8) is 0 Å². The summed E-state index contributed by atoms with van der Waals surface area (Å²) in [5.41, 5.74) is 0.796. The molecule has 1 aliphatic heterocycles. The number of esters is 1. The Hall–Kier alpha value is -1.88. The fraction of sp³-hybridized carbons (Fsp3) is 0.500. The lowest BCUT2D eigenvalue weighted by Crippen LogP contribution is -2.42. The van der Waals surface area contributed by atoms with Gasteiger partial charge >= 0.3 is 5.97 Å². The van der Waals surface area contributed by atoms with Crippen LogP contribution in [0.5, 0.6) is 0 Å². The molecule has 3 rings (SSSR count). The molecule has 5 heteroatoms. The van der Waals surface area contributed by atoms with Gasteiger partial charge in [-0.1, -0.05) is 30.3 Å². The summed E-state index contributed by atoms with van der Waals surface area (Å²) in [4.78, 5) is 26.3. The van der Waals surface area contributed by atoms with E-state index in [4.69, 9.17) is 4.74 Å². The fourth-order valence-corrected chi connectivity index (χ4v) is 2.84. The first-order chi connectivity index (χ1) is 10.2. The molecule has 0 aromatic heterocycles. The van der Waals surface area contributed by atoms with Gasteiger partial charge in [0.25, 0.3) is 0 Å². The maximum Gasteiger partial charge on any atom is 0.333 e. The third kappa shape index (κ3) is 2.93. The zero-order valence-electron chi connectivity index (χ0n) is 12.1. The summed E-state index contributed by atoms with van der Waals surface area (Å²) in [5, 5.41) is 3.35. The van der Waals surface area contributed by atoms with Gasteiger partial charge in [-0.25, -0.2) is 4.79 Å². The van der Waals surface area contributed by atoms with E-state index in [2.05, 4.69) is 5.32 Å². The molecule has 1 aromatic carbocycles. The van der Waals surface area contributed by atoms with Gasteiger partial charge in [-0.15, -0.1) is 0 Å². The normalized spacial score (nSPS) is 23.2. The number of ether oxygens (including phenoxy) is 1. The van der Waals surface area contributed by atoms with E-state index < -0.39 is 6.04 Å². The molecule has 21 heavy (non-hydrogen) atoms. The molecule has 2 aliphatic rings. The highest BCUT2D eigenvalue weighted by molar-refractivity contribution is 5.90. The van der Waals surface area contributed by atoms with Crippen LogP contribution in [0.3, 0.4) is 0 Å². The summed E-state index contributed by atoms with van der Waals surface area (Å²) < 4.78 is 4.90. The second kappa shape index (κ2) is 5.85. The summed E-state index contributed by atoms with van der Waals surface area (Å²) in [7, 11) is 1.36. The van der Waals surface area contributed by atoms with Crippen LogP contribution in [0.1, 0.15) is 30.9 Å². The number of hydrogen-bond acceptors (Lipinski definition) is 4. The third-order valence-electron chi connectivity index (χ3n) is 4.11. The Bertz CT molecular complexity index is 528. The average Bonchev–Trinajstić information content (AvgIpc) is 3.27. The first kappa shape index (κ1) is 14.1. The van der Waals surface area contributed by atoms with E-state index in [1.165, 1.54) is 7.11 Å². The number of amides is 1. The van der Waals surface area contributed by atoms with Crippen LogP contribution in [0.2, 0.25) is 0 Å². The number of hydrogen-bond donors (Lipinski definition) is 1. The van der Waals surface area contributed by atoms with Crippen LogP contribution in [0.25, 0.3) is 0 Å². The number of nitrogens with zero attached hydrogens (tertiary/aromatic N) is 1. The van der Waals surface area contributed by atoms with Crippen molar-refractivity contribution in [3.05, 3.63) is 35.9 Å². The Kier molecular flexibility index (Phi) is 3.92. The van der Waals surface area contributed by atoms with Crippen LogP contribution in [-0.4, -0.2) is 42.5 Å². The molecule has 0 radical (unpaired) electrons. The zero-order valence-corrected chi connectivity index (χ0v) is 12.1. The molecule has 0 spiro atoms. The van der Waals surface area contributed by atoms with Crippen molar-refractivity contribution in [2.45, 2.75) is 37.4 Å². The first-order valence-corrected chi connectivity index (χ1v) is 7.40. The topological polar surface area (TPSA) is 58.6 Å². The smallest absolute Gasteiger partial charge is 0.333 e. The Morgan fingerprint density at radius 3 is 2.62 bits per heavy atom. The summed E-state index contributed by atoms with van der Waals surface area (Å²) in [6, 6.07) is 9.02. The molecule has 2 fully saturated rings. The first-order valence-electron chi connectivity index (χ1n) is 7.40. The highest BCUT2D eigenvalue weighted by atomic mass is 16.5. The van der Waals surface area contributed by atoms with Gasteiger partial charge in [-0.3, -0.25) is 4.79 Å². The number of methoxy groups -OCH3 is 1. The maximum absolute atomic E-state index is 12.6. The standard InChI is InChI=1S/C16H20N2O3/c1-21-16(20)14(11-5-3-2-4-6-11)18-10-9-13(15(18)19)17-12-7-8-12/h2-6,12-14,17H,7-10H2,1H3. The zero-order chi connectivity index (χ0) is 14.8. The monoisotopic (exact) mass is 288 g/mol. The molecule has 1 heterocycles. The minimum absolute atomic E-state index is 0.00107. The van der Waals surface area contributed by atoms with Crippen LogP contribution in [0.15, 0.2) is 30.3 Å². The van der Waals surface area contributed by atoms with Crippen molar-refractivity contribution >= 4 is 11.9 Å². The lowest BCUT2D eigenvalue weighted by Gasteiger charge is -2.26. The molecular weight excluding hydrogens is 268 g/mol. The van der Waals surface area contributed by atoms with Crippen molar-refractivity contribution in [2.24, 2.45) is 0 Å². The molecule has 1 aliphatic carbocycles. The lowest BCUT2D eigenvalue weighted by molar-refractivity contribution is -0.151. The number of likely N-dealkylation sites (tertiary alicyclic amines) is 1. The average molecular weight is 288 g/mol. The molecule has 112 valence electrons. The number of rotatable bonds is 5. The Morgan fingerprint density at radius 1 is 1.29 bits per heavy atom. The van der Waals surface area contributed by atoms with Gasteiger partial charge in [-0.05, 0) is 24.8 Å². The highest BCUT2D eigenvalue weighted by Gasteiger charge is 2.41. The van der Waals surface area contributed by atoms with Gasteiger partial charge < -0.3 is 15.0 Å². The van der Waals surface area contributed by atoms with Gasteiger partial charge in [0.1, 0.15) is 0 Å². The summed E-state index contributed by atoms with van der Waals surface area (Å²) in [6.45, 7) is 0.581. The number of carbonyl (C=O) groups is 2. The number of carbonyl (C=O) groups excluding carboxylic acids is 2. The predicted octanol–water partition coefficient (Wildman–Crippen LogP) is 1.25. The molecular formula is C16H20N2O3. The van der Waals surface area contributed by atoms with E-state index in [0.29, 0.717) is 12.6 Å². The summed E-state index contributed by atoms with van der Waals surface area (Å²) >= 11 is 0. The lowest BCUT2D eigenvalue weighted by atomic mass is 10.1. The van der Waals surface area contributed by atoms with Crippen molar-refractivity contribution in [1.82, 2.24) is 10.2 Å². The molecule has 1 amide bonds. The molecule has 1 saturated heterocycles. The SMILES string of the molecule is COC(=O)C(c1ccccc1)N1CCC(NC2CC2)C1=O. The molecule has 1 saturated carbocycles. The molecule has 0 bridgehead atoms. The van der Waals surface area contributed by atoms with Crippen LogP contribution in [0, 0.1) is 0 Å². The van der Waals surface area contributed by atoms with Gasteiger partial charge in [0.05, 0.1) is 13.2 Å². The van der Waals surface area contributed by atoms with E-state index in [1.807, 2.05) is 30.3 Å². The van der Waals surface area contributed by atoms with Crippen molar-refractivity contribution in [2.75, 3.05) is 13.7 Å². The quantitative estimate of drug-likeness (QED) is 0.829. The van der Waals surface area contributed by atoms with Crippen LogP contribution in [-0.2, 0) is 14.3 Å². The van der Waals surface area contributed by atoms with Gasteiger partial charge in [0.15, 0.2) is 6.04 Å². The largest absolute Gasteiger partial charge is 0.467 e. The van der Waals surface area contributed by atoms with Crippen molar-refractivity contribution in [1.29, 1.82) is 0 Å². The Morgan fingerprint density at radius 2 is 2.00 bits per heavy atom. The van der Waals surface area contributed by atoms with E-state index >= 15 is 0 Å². The van der Waals surface area contributed by atoms with Crippen molar-refractivity contribution < 1.29 is 14.3 Å². The molecule has 5 nitrogen and oxygen atoms in total.